The van der Waals surface area contributed by atoms with Gasteiger partial charge < -0.3 is 9.84 Å². The summed E-state index contributed by atoms with van der Waals surface area (Å²) in [6.07, 6.45) is 0. The molecule has 0 aliphatic heterocycles. The van der Waals surface area contributed by atoms with Gasteiger partial charge in [0, 0.05) is 17.5 Å². The molecular formula is C15H20FN3O. The second-order valence-electron chi connectivity index (χ2n) is 5.90. The van der Waals surface area contributed by atoms with Gasteiger partial charge >= 0.3 is 0 Å². The van der Waals surface area contributed by atoms with Crippen molar-refractivity contribution in [1.82, 2.24) is 15.5 Å². The van der Waals surface area contributed by atoms with Crippen molar-refractivity contribution in [1.29, 1.82) is 0 Å². The summed E-state index contributed by atoms with van der Waals surface area (Å²) in [4.78, 5) is 4.38. The zero-order valence-electron chi connectivity index (χ0n) is 12.3. The summed E-state index contributed by atoms with van der Waals surface area (Å²) in [7, 11) is 0. The molecule has 0 bridgehead atoms. The van der Waals surface area contributed by atoms with E-state index in [1.165, 1.54) is 6.07 Å². The first-order chi connectivity index (χ1) is 9.38. The van der Waals surface area contributed by atoms with E-state index in [4.69, 9.17) is 4.52 Å². The maximum Gasteiger partial charge on any atom is 0.243 e. The molecule has 0 saturated carbocycles. The van der Waals surface area contributed by atoms with Crippen LogP contribution in [0.25, 0.3) is 0 Å². The van der Waals surface area contributed by atoms with Crippen LogP contribution in [0.5, 0.6) is 0 Å². The molecule has 0 saturated heterocycles. The van der Waals surface area contributed by atoms with Gasteiger partial charge in [0.05, 0.1) is 6.04 Å². The average molecular weight is 277 g/mol. The van der Waals surface area contributed by atoms with E-state index in [2.05, 4.69) is 15.5 Å². The van der Waals surface area contributed by atoms with Crippen LogP contribution >= 0.6 is 0 Å². The number of nitrogens with zero attached hydrogens (tertiary/aromatic N) is 2. The topological polar surface area (TPSA) is 51.0 Å². The Morgan fingerprint density at radius 3 is 2.60 bits per heavy atom. The molecule has 0 aliphatic rings. The van der Waals surface area contributed by atoms with Crippen LogP contribution in [0.2, 0.25) is 0 Å². The lowest BCUT2D eigenvalue weighted by molar-refractivity contribution is 0.330. The molecule has 1 aromatic carbocycles. The van der Waals surface area contributed by atoms with Gasteiger partial charge in [-0.2, -0.15) is 4.98 Å². The monoisotopic (exact) mass is 277 g/mol. The number of halogens is 1. The van der Waals surface area contributed by atoms with Gasteiger partial charge in [0.25, 0.3) is 0 Å². The van der Waals surface area contributed by atoms with Crippen LogP contribution in [-0.4, -0.2) is 10.1 Å². The quantitative estimate of drug-likeness (QED) is 0.931. The Balaban J connectivity index is 2.00. The SMILES string of the molecule is CC(NCc1ccccc1F)c1nc(C(C)(C)C)no1. The van der Waals surface area contributed by atoms with Crippen molar-refractivity contribution in [2.24, 2.45) is 0 Å². The molecule has 2 rings (SSSR count). The summed E-state index contributed by atoms with van der Waals surface area (Å²) < 4.78 is 18.8. The van der Waals surface area contributed by atoms with E-state index in [1.807, 2.05) is 33.8 Å². The summed E-state index contributed by atoms with van der Waals surface area (Å²) in [5.41, 5.74) is 0.474. The molecule has 1 heterocycles. The lowest BCUT2D eigenvalue weighted by Crippen LogP contribution is -2.19. The summed E-state index contributed by atoms with van der Waals surface area (Å²) in [5.74, 6) is 0.978. The van der Waals surface area contributed by atoms with E-state index < -0.39 is 0 Å². The lowest BCUT2D eigenvalue weighted by Gasteiger charge is -2.12. The third-order valence-corrected chi connectivity index (χ3v) is 3.04. The molecule has 1 N–H and O–H groups in total. The molecule has 0 aliphatic carbocycles. The fourth-order valence-electron chi connectivity index (χ4n) is 1.71. The van der Waals surface area contributed by atoms with E-state index in [0.717, 1.165) is 0 Å². The van der Waals surface area contributed by atoms with Crippen molar-refractivity contribution in [3.63, 3.8) is 0 Å². The highest BCUT2D eigenvalue weighted by molar-refractivity contribution is 5.17. The van der Waals surface area contributed by atoms with Crippen molar-refractivity contribution in [3.05, 3.63) is 47.4 Å². The van der Waals surface area contributed by atoms with Crippen LogP contribution < -0.4 is 5.32 Å². The molecule has 4 nitrogen and oxygen atoms in total. The van der Waals surface area contributed by atoms with Crippen LogP contribution in [0.15, 0.2) is 28.8 Å². The highest BCUT2D eigenvalue weighted by Gasteiger charge is 2.22. The van der Waals surface area contributed by atoms with Crippen LogP contribution in [0, 0.1) is 5.82 Å². The highest BCUT2D eigenvalue weighted by Crippen LogP contribution is 2.21. The molecule has 5 heteroatoms. The third kappa shape index (κ3) is 3.42. The fraction of sp³-hybridized carbons (Fsp3) is 0.467. The Morgan fingerprint density at radius 2 is 2.00 bits per heavy atom. The molecule has 20 heavy (non-hydrogen) atoms. The second-order valence-corrected chi connectivity index (χ2v) is 5.90. The number of rotatable bonds is 4. The summed E-state index contributed by atoms with van der Waals surface area (Å²) >= 11 is 0. The van der Waals surface area contributed by atoms with Gasteiger partial charge in [0.2, 0.25) is 5.89 Å². The van der Waals surface area contributed by atoms with E-state index in [0.29, 0.717) is 23.8 Å². The van der Waals surface area contributed by atoms with Gasteiger partial charge in [-0.15, -0.1) is 0 Å². The predicted molar refractivity (Wildman–Crippen MR) is 74.7 cm³/mol. The van der Waals surface area contributed by atoms with Gasteiger partial charge in [0.15, 0.2) is 5.82 Å². The minimum atomic E-state index is -0.215. The Bertz CT molecular complexity index is 574. The number of aromatic nitrogens is 2. The molecule has 0 amide bonds. The molecule has 1 aromatic heterocycles. The summed E-state index contributed by atoms with van der Waals surface area (Å²) in [6, 6.07) is 6.57. The van der Waals surface area contributed by atoms with Gasteiger partial charge in [-0.05, 0) is 13.0 Å². The number of hydrogen-bond acceptors (Lipinski definition) is 4. The van der Waals surface area contributed by atoms with Crippen molar-refractivity contribution in [3.8, 4) is 0 Å². The third-order valence-electron chi connectivity index (χ3n) is 3.04. The standard InChI is InChI=1S/C15H20FN3O/c1-10(13-18-14(19-20-13)15(2,3)4)17-9-11-7-5-6-8-12(11)16/h5-8,10,17H,9H2,1-4H3. The minimum absolute atomic E-state index is 0.127. The van der Waals surface area contributed by atoms with Gasteiger partial charge in [-0.25, -0.2) is 4.39 Å². The normalized spacial score (nSPS) is 13.4. The first-order valence-corrected chi connectivity index (χ1v) is 6.69. The Morgan fingerprint density at radius 1 is 1.30 bits per heavy atom. The first kappa shape index (κ1) is 14.7. The molecule has 2 aromatic rings. The number of benzene rings is 1. The first-order valence-electron chi connectivity index (χ1n) is 6.69. The maximum atomic E-state index is 13.5. The zero-order chi connectivity index (χ0) is 14.8. The maximum absolute atomic E-state index is 13.5. The number of hydrogen-bond donors (Lipinski definition) is 1. The van der Waals surface area contributed by atoms with Crippen molar-refractivity contribution in [2.45, 2.75) is 45.7 Å². The minimum Gasteiger partial charge on any atom is -0.338 e. The van der Waals surface area contributed by atoms with E-state index in [-0.39, 0.29) is 17.3 Å². The summed E-state index contributed by atoms with van der Waals surface area (Å²) in [5, 5.41) is 7.17. The van der Waals surface area contributed by atoms with E-state index in [9.17, 15) is 4.39 Å². The summed E-state index contributed by atoms with van der Waals surface area (Å²) in [6.45, 7) is 8.42. The van der Waals surface area contributed by atoms with Crippen molar-refractivity contribution < 1.29 is 8.91 Å². The van der Waals surface area contributed by atoms with Crippen LogP contribution in [0.4, 0.5) is 4.39 Å². The van der Waals surface area contributed by atoms with Crippen LogP contribution in [-0.2, 0) is 12.0 Å². The van der Waals surface area contributed by atoms with Crippen LogP contribution in [0.3, 0.4) is 0 Å². The molecule has 0 radical (unpaired) electrons. The largest absolute Gasteiger partial charge is 0.338 e. The highest BCUT2D eigenvalue weighted by atomic mass is 19.1. The number of nitrogens with one attached hydrogen (secondary N) is 1. The van der Waals surface area contributed by atoms with E-state index >= 15 is 0 Å². The molecule has 1 unspecified atom stereocenters. The van der Waals surface area contributed by atoms with Gasteiger partial charge in [-0.3, -0.25) is 0 Å². The van der Waals surface area contributed by atoms with Crippen molar-refractivity contribution >= 4 is 0 Å². The Hall–Kier alpha value is -1.75. The van der Waals surface area contributed by atoms with Crippen LogP contribution in [0.1, 0.15) is 51.0 Å². The van der Waals surface area contributed by atoms with Gasteiger partial charge in [-0.1, -0.05) is 44.1 Å². The van der Waals surface area contributed by atoms with Crippen molar-refractivity contribution in [2.75, 3.05) is 0 Å². The Labute approximate surface area is 118 Å². The molecular weight excluding hydrogens is 257 g/mol. The molecule has 0 fully saturated rings. The smallest absolute Gasteiger partial charge is 0.243 e. The molecule has 1 atom stereocenters. The second kappa shape index (κ2) is 5.71. The molecule has 108 valence electrons. The predicted octanol–water partition coefficient (Wildman–Crippen LogP) is 3.36. The van der Waals surface area contributed by atoms with E-state index in [1.54, 1.807) is 12.1 Å². The Kier molecular flexibility index (Phi) is 4.18. The fourth-order valence-corrected chi connectivity index (χ4v) is 1.71. The lowest BCUT2D eigenvalue weighted by atomic mass is 9.96. The zero-order valence-corrected chi connectivity index (χ0v) is 12.3. The van der Waals surface area contributed by atoms with Gasteiger partial charge in [0.1, 0.15) is 5.82 Å². The average Bonchev–Trinajstić information content (AvgIpc) is 2.87. The molecule has 0 spiro atoms.